The Balaban J connectivity index is 2.40. The molecule has 0 heterocycles. The predicted molar refractivity (Wildman–Crippen MR) is 117 cm³/mol. The Kier molecular flexibility index (Phi) is 6.87. The minimum Gasteiger partial charge on any atom is -0.348 e. The zero-order valence-electron chi connectivity index (χ0n) is 18.0. The van der Waals surface area contributed by atoms with Gasteiger partial charge in [0.05, 0.1) is 22.9 Å². The Morgan fingerprint density at radius 1 is 1.07 bits per heavy atom. The number of aryl methyl sites for hydroxylation is 3. The minimum absolute atomic E-state index is 0.105. The molecule has 0 aromatic heterocycles. The summed E-state index contributed by atoms with van der Waals surface area (Å²) < 4.78 is 26.0. The van der Waals surface area contributed by atoms with E-state index in [1.54, 1.807) is 6.92 Å². The summed E-state index contributed by atoms with van der Waals surface area (Å²) in [6.07, 6.45) is 0.975. The number of nitrogens with zero attached hydrogens (tertiary/aromatic N) is 2. The van der Waals surface area contributed by atoms with Gasteiger partial charge in [-0.25, -0.2) is 8.42 Å². The van der Waals surface area contributed by atoms with E-state index in [0.717, 1.165) is 27.3 Å². The van der Waals surface area contributed by atoms with E-state index in [2.05, 4.69) is 5.32 Å². The number of non-ortho nitro benzene ring substituents is 1. The number of carbonyl (C=O) groups excluding carboxylic acids is 1. The fourth-order valence-corrected chi connectivity index (χ4v) is 4.59. The Bertz CT molecular complexity index is 1080. The molecule has 30 heavy (non-hydrogen) atoms. The molecule has 0 aliphatic heterocycles. The van der Waals surface area contributed by atoms with Gasteiger partial charge in [0.2, 0.25) is 15.9 Å². The van der Waals surface area contributed by atoms with Crippen molar-refractivity contribution in [3.8, 4) is 0 Å². The highest BCUT2D eigenvalue weighted by Crippen LogP contribution is 2.29. The fraction of sp³-hybridized carbons (Fsp3) is 0.381. The molecular formula is C21H27N3O5S. The Morgan fingerprint density at radius 3 is 2.23 bits per heavy atom. The second kappa shape index (κ2) is 8.83. The average Bonchev–Trinajstić information content (AvgIpc) is 2.63. The number of amides is 1. The Labute approximate surface area is 177 Å². The minimum atomic E-state index is -3.89. The maximum Gasteiger partial charge on any atom is 0.271 e. The van der Waals surface area contributed by atoms with Gasteiger partial charge < -0.3 is 5.32 Å². The molecule has 2 aromatic rings. The molecule has 0 spiro atoms. The normalized spacial score (nSPS) is 13.4. The second-order valence-electron chi connectivity index (χ2n) is 7.55. The number of nitro benzene ring substituents is 1. The summed E-state index contributed by atoms with van der Waals surface area (Å²) in [5.74, 6) is -0.500. The van der Waals surface area contributed by atoms with Gasteiger partial charge >= 0.3 is 0 Å². The largest absolute Gasteiger partial charge is 0.348 e. The average molecular weight is 434 g/mol. The van der Waals surface area contributed by atoms with Gasteiger partial charge in [0.25, 0.3) is 5.69 Å². The topological polar surface area (TPSA) is 110 Å². The molecule has 0 saturated heterocycles. The lowest BCUT2D eigenvalue weighted by molar-refractivity contribution is -0.384. The third-order valence-electron chi connectivity index (χ3n) is 4.99. The van der Waals surface area contributed by atoms with E-state index in [9.17, 15) is 23.3 Å². The highest BCUT2D eigenvalue weighted by Gasteiger charge is 2.32. The number of anilines is 1. The molecule has 0 aliphatic carbocycles. The van der Waals surface area contributed by atoms with Gasteiger partial charge in [0, 0.05) is 12.1 Å². The number of nitro groups is 1. The van der Waals surface area contributed by atoms with Gasteiger partial charge in [-0.15, -0.1) is 0 Å². The summed E-state index contributed by atoms with van der Waals surface area (Å²) >= 11 is 0. The number of rotatable bonds is 7. The van der Waals surface area contributed by atoms with E-state index >= 15 is 0 Å². The lowest BCUT2D eigenvalue weighted by Crippen LogP contribution is -2.48. The van der Waals surface area contributed by atoms with Gasteiger partial charge in [-0.3, -0.25) is 19.2 Å². The van der Waals surface area contributed by atoms with E-state index in [-0.39, 0.29) is 17.4 Å². The number of hydrogen-bond donors (Lipinski definition) is 1. The Hall–Kier alpha value is -2.94. The molecule has 9 heteroatoms. The molecule has 2 rings (SSSR count). The molecule has 0 saturated carbocycles. The van der Waals surface area contributed by atoms with Crippen LogP contribution >= 0.6 is 0 Å². The van der Waals surface area contributed by atoms with Crippen LogP contribution in [0.3, 0.4) is 0 Å². The van der Waals surface area contributed by atoms with Crippen molar-refractivity contribution in [2.24, 2.45) is 0 Å². The summed E-state index contributed by atoms with van der Waals surface area (Å²) in [5.41, 5.74) is 3.36. The van der Waals surface area contributed by atoms with E-state index in [1.165, 1.54) is 25.1 Å². The zero-order valence-corrected chi connectivity index (χ0v) is 18.8. The lowest BCUT2D eigenvalue weighted by Gasteiger charge is -2.30. The third-order valence-corrected chi connectivity index (χ3v) is 6.22. The van der Waals surface area contributed by atoms with Crippen molar-refractivity contribution in [3.05, 3.63) is 68.8 Å². The molecular weight excluding hydrogens is 406 g/mol. The molecule has 0 unspecified atom stereocenters. The molecule has 162 valence electrons. The van der Waals surface area contributed by atoms with Gasteiger partial charge in [-0.1, -0.05) is 29.8 Å². The van der Waals surface area contributed by atoms with Crippen LogP contribution in [0.1, 0.15) is 42.1 Å². The Morgan fingerprint density at radius 2 is 1.67 bits per heavy atom. The monoisotopic (exact) mass is 433 g/mol. The molecule has 2 atom stereocenters. The van der Waals surface area contributed by atoms with Crippen LogP contribution in [0.2, 0.25) is 0 Å². The highest BCUT2D eigenvalue weighted by molar-refractivity contribution is 7.92. The van der Waals surface area contributed by atoms with Crippen molar-refractivity contribution in [3.63, 3.8) is 0 Å². The summed E-state index contributed by atoms with van der Waals surface area (Å²) in [5, 5.41) is 14.0. The third kappa shape index (κ3) is 5.15. The predicted octanol–water partition coefficient (Wildman–Crippen LogP) is 3.55. The van der Waals surface area contributed by atoms with E-state index in [1.807, 2.05) is 39.0 Å². The maximum absolute atomic E-state index is 13.0. The quantitative estimate of drug-likeness (QED) is 0.530. The number of benzene rings is 2. The number of nitrogens with one attached hydrogen (secondary N) is 1. The zero-order chi connectivity index (χ0) is 22.8. The van der Waals surface area contributed by atoms with Gasteiger partial charge in [0.15, 0.2) is 0 Å². The number of hydrogen-bond acceptors (Lipinski definition) is 5. The van der Waals surface area contributed by atoms with Gasteiger partial charge in [0.1, 0.15) is 6.04 Å². The molecule has 8 nitrogen and oxygen atoms in total. The first kappa shape index (κ1) is 23.3. The van der Waals surface area contributed by atoms with E-state index < -0.39 is 26.9 Å². The van der Waals surface area contributed by atoms with Crippen LogP contribution in [0.4, 0.5) is 11.4 Å². The molecule has 2 aromatic carbocycles. The van der Waals surface area contributed by atoms with Crippen molar-refractivity contribution >= 4 is 27.3 Å². The van der Waals surface area contributed by atoms with Crippen LogP contribution in [-0.4, -0.2) is 31.5 Å². The summed E-state index contributed by atoms with van der Waals surface area (Å²) in [7, 11) is -3.89. The van der Waals surface area contributed by atoms with Crippen LogP contribution in [0.15, 0.2) is 36.4 Å². The van der Waals surface area contributed by atoms with Gasteiger partial charge in [-0.05, 0) is 51.3 Å². The van der Waals surface area contributed by atoms with Crippen molar-refractivity contribution < 1.29 is 18.1 Å². The molecule has 0 fully saturated rings. The van der Waals surface area contributed by atoms with Crippen molar-refractivity contribution in [2.75, 3.05) is 10.6 Å². The van der Waals surface area contributed by atoms with Crippen LogP contribution in [0.5, 0.6) is 0 Å². The molecule has 1 N–H and O–H groups in total. The van der Waals surface area contributed by atoms with E-state index in [0.29, 0.717) is 5.56 Å². The van der Waals surface area contributed by atoms with E-state index in [4.69, 9.17) is 0 Å². The lowest BCUT2D eigenvalue weighted by atomic mass is 10.00. The highest BCUT2D eigenvalue weighted by atomic mass is 32.2. The maximum atomic E-state index is 13.0. The number of carbonyl (C=O) groups is 1. The summed E-state index contributed by atoms with van der Waals surface area (Å²) in [4.78, 5) is 23.5. The van der Waals surface area contributed by atoms with Crippen molar-refractivity contribution in [1.29, 1.82) is 0 Å². The SMILES string of the molecule is Cc1ccc(C)c([C@H](C)NC(=O)[C@H](C)N(c2cc([N+](=O)[O-])ccc2C)S(C)(=O)=O)c1. The standard InChI is InChI=1S/C21H27N3O5S/c1-13-7-8-14(2)19(11-13)16(4)22-21(25)17(5)23(30(6,28)29)20-12-18(24(26)27)10-9-15(20)3/h7-12,16-17H,1-6H3,(H,22,25)/t16-,17-/m0/s1. The number of sulfonamides is 1. The molecule has 0 aliphatic rings. The fourth-order valence-electron chi connectivity index (χ4n) is 3.37. The van der Waals surface area contributed by atoms with Crippen LogP contribution in [0.25, 0.3) is 0 Å². The first-order chi connectivity index (χ1) is 13.8. The smallest absolute Gasteiger partial charge is 0.271 e. The molecule has 0 bridgehead atoms. The summed E-state index contributed by atoms with van der Waals surface area (Å²) in [6, 6.07) is 8.42. The van der Waals surface area contributed by atoms with Crippen LogP contribution < -0.4 is 9.62 Å². The van der Waals surface area contributed by atoms with Crippen LogP contribution in [-0.2, 0) is 14.8 Å². The summed E-state index contributed by atoms with van der Waals surface area (Å²) in [6.45, 7) is 8.83. The first-order valence-corrected chi connectivity index (χ1v) is 11.3. The van der Waals surface area contributed by atoms with Crippen molar-refractivity contribution in [1.82, 2.24) is 5.32 Å². The van der Waals surface area contributed by atoms with Crippen molar-refractivity contribution in [2.45, 2.75) is 46.7 Å². The first-order valence-electron chi connectivity index (χ1n) is 9.45. The molecule has 1 amide bonds. The van der Waals surface area contributed by atoms with Crippen LogP contribution in [0, 0.1) is 30.9 Å². The molecule has 0 radical (unpaired) electrons. The second-order valence-corrected chi connectivity index (χ2v) is 9.41. The van der Waals surface area contributed by atoms with Gasteiger partial charge in [-0.2, -0.15) is 0 Å².